The molecule has 0 amide bonds. The molecule has 0 radical (unpaired) electrons. The Hall–Kier alpha value is -2.68. The fourth-order valence-corrected chi connectivity index (χ4v) is 1.49. The van der Waals surface area contributed by atoms with Crippen LogP contribution in [0, 0.1) is 11.5 Å². The van der Waals surface area contributed by atoms with E-state index in [2.05, 4.69) is 10.2 Å². The van der Waals surface area contributed by atoms with Crippen molar-refractivity contribution in [3.05, 3.63) is 30.0 Å². The average Bonchev–Trinajstić information content (AvgIpc) is 2.36. The molecule has 6 heteroatoms. The topological polar surface area (TPSA) is 90.1 Å². The summed E-state index contributed by atoms with van der Waals surface area (Å²) in [5.41, 5.74) is 0.151. The first kappa shape index (κ1) is 10.8. The Labute approximate surface area is 96.7 Å². The van der Waals surface area contributed by atoms with E-state index in [9.17, 15) is 4.79 Å². The third-order valence-electron chi connectivity index (χ3n) is 2.36. The molecule has 1 N–H and O–H groups in total. The van der Waals surface area contributed by atoms with E-state index in [4.69, 9.17) is 10.4 Å². The number of rotatable bonds is 2. The van der Waals surface area contributed by atoms with Crippen LogP contribution in [0.3, 0.4) is 0 Å². The monoisotopic (exact) mass is 228 g/mol. The number of nitriles is 1. The Morgan fingerprint density at radius 1 is 1.53 bits per heavy atom. The molecule has 0 aliphatic heterocycles. The smallest absolute Gasteiger partial charge is 0.335 e. The van der Waals surface area contributed by atoms with Gasteiger partial charge in [0.2, 0.25) is 0 Å². The number of carboxylic acid groups (broad SMARTS) is 1. The molecule has 0 bridgehead atoms. The van der Waals surface area contributed by atoms with Crippen molar-refractivity contribution in [1.29, 1.82) is 5.26 Å². The average molecular weight is 228 g/mol. The van der Waals surface area contributed by atoms with Crippen LogP contribution in [-0.2, 0) is 0 Å². The van der Waals surface area contributed by atoms with Crippen LogP contribution in [0.5, 0.6) is 0 Å². The summed E-state index contributed by atoms with van der Waals surface area (Å²) >= 11 is 0. The van der Waals surface area contributed by atoms with E-state index in [1.54, 1.807) is 6.07 Å². The van der Waals surface area contributed by atoms with Gasteiger partial charge in [-0.15, -0.1) is 5.10 Å². The lowest BCUT2D eigenvalue weighted by molar-refractivity contribution is 0.0697. The van der Waals surface area contributed by atoms with Gasteiger partial charge in [0.15, 0.2) is 12.0 Å². The fraction of sp³-hybridized carbons (Fsp3) is 0.0909. The first-order valence-electron chi connectivity index (χ1n) is 4.75. The number of carbonyl (C=O) groups is 1. The molecule has 1 heterocycles. The molecular formula is C11H8N4O2. The number of aromatic carboxylic acids is 1. The summed E-state index contributed by atoms with van der Waals surface area (Å²) in [6, 6.07) is 4.61. The number of anilines is 1. The highest BCUT2D eigenvalue weighted by atomic mass is 16.4. The number of nitrogens with zero attached hydrogens (tertiary/aromatic N) is 4. The largest absolute Gasteiger partial charge is 0.478 e. The van der Waals surface area contributed by atoms with Crippen LogP contribution in [0.15, 0.2) is 24.4 Å². The van der Waals surface area contributed by atoms with Crippen molar-refractivity contribution in [3.63, 3.8) is 0 Å². The number of hydrogen-bond donors (Lipinski definition) is 1. The molecule has 1 aromatic heterocycles. The van der Waals surface area contributed by atoms with Gasteiger partial charge in [0.1, 0.15) is 0 Å². The van der Waals surface area contributed by atoms with Crippen LogP contribution >= 0.6 is 0 Å². The first-order valence-corrected chi connectivity index (χ1v) is 4.75. The molecule has 17 heavy (non-hydrogen) atoms. The lowest BCUT2D eigenvalue weighted by Crippen LogP contribution is -2.11. The van der Waals surface area contributed by atoms with Gasteiger partial charge in [-0.05, 0) is 12.1 Å². The Morgan fingerprint density at radius 2 is 2.29 bits per heavy atom. The molecule has 84 valence electrons. The second kappa shape index (κ2) is 4.06. The van der Waals surface area contributed by atoms with Gasteiger partial charge in [-0.2, -0.15) is 10.4 Å². The van der Waals surface area contributed by atoms with E-state index in [-0.39, 0.29) is 5.56 Å². The summed E-state index contributed by atoms with van der Waals surface area (Å²) < 4.78 is 0. The summed E-state index contributed by atoms with van der Waals surface area (Å²) in [5, 5.41) is 26.7. The lowest BCUT2D eigenvalue weighted by atomic mass is 10.1. The maximum absolute atomic E-state index is 10.9. The molecular weight excluding hydrogens is 220 g/mol. The summed E-state index contributed by atoms with van der Waals surface area (Å²) in [7, 11) is 1.54. The molecule has 2 rings (SSSR count). The second-order valence-electron chi connectivity index (χ2n) is 3.43. The normalized spacial score (nSPS) is 9.88. The van der Waals surface area contributed by atoms with E-state index >= 15 is 0 Å². The molecule has 0 atom stereocenters. The van der Waals surface area contributed by atoms with Crippen molar-refractivity contribution in [2.45, 2.75) is 0 Å². The van der Waals surface area contributed by atoms with E-state index < -0.39 is 5.97 Å². The highest BCUT2D eigenvalue weighted by Gasteiger charge is 2.11. The maximum atomic E-state index is 10.9. The van der Waals surface area contributed by atoms with Crippen molar-refractivity contribution < 1.29 is 9.90 Å². The molecule has 1 aromatic carbocycles. The molecule has 0 saturated carbocycles. The van der Waals surface area contributed by atoms with Gasteiger partial charge < -0.3 is 5.11 Å². The zero-order chi connectivity index (χ0) is 12.4. The van der Waals surface area contributed by atoms with E-state index in [0.29, 0.717) is 11.2 Å². The Morgan fingerprint density at radius 3 is 2.94 bits per heavy atom. The molecule has 6 nitrogen and oxygen atoms in total. The summed E-state index contributed by atoms with van der Waals surface area (Å²) in [4.78, 5) is 12.1. The Kier molecular flexibility index (Phi) is 2.58. The van der Waals surface area contributed by atoms with Gasteiger partial charge in [-0.1, -0.05) is 6.07 Å². The Balaban J connectivity index is 2.73. The van der Waals surface area contributed by atoms with Crippen LogP contribution in [0.4, 0.5) is 5.82 Å². The van der Waals surface area contributed by atoms with Crippen LogP contribution < -0.4 is 4.90 Å². The number of fused-ring (bicyclic) bond motifs is 1. The molecule has 0 fully saturated rings. The molecule has 0 spiro atoms. The molecule has 0 aliphatic carbocycles. The van der Waals surface area contributed by atoms with E-state index in [1.807, 2.05) is 6.19 Å². The van der Waals surface area contributed by atoms with Crippen LogP contribution in [0.2, 0.25) is 0 Å². The van der Waals surface area contributed by atoms with Gasteiger partial charge in [0.25, 0.3) is 0 Å². The standard InChI is InChI=1S/C11H8N4O2/c1-15(6-12)10-9-4-7(11(16)17)2-3-8(9)5-13-14-10/h2-5H,1H3,(H,16,17). The third-order valence-corrected chi connectivity index (χ3v) is 2.36. The van der Waals surface area contributed by atoms with Gasteiger partial charge >= 0.3 is 5.97 Å². The van der Waals surface area contributed by atoms with Crippen molar-refractivity contribution in [3.8, 4) is 6.19 Å². The number of aromatic nitrogens is 2. The number of carboxylic acids is 1. The highest BCUT2D eigenvalue weighted by molar-refractivity contribution is 5.98. The molecule has 2 aromatic rings. The van der Waals surface area contributed by atoms with Crippen LogP contribution in [-0.4, -0.2) is 28.3 Å². The van der Waals surface area contributed by atoms with Gasteiger partial charge in [0.05, 0.1) is 11.8 Å². The van der Waals surface area contributed by atoms with Crippen molar-refractivity contribution in [1.82, 2.24) is 10.2 Å². The molecule has 0 aliphatic rings. The van der Waals surface area contributed by atoms with Crippen molar-refractivity contribution in [2.75, 3.05) is 11.9 Å². The zero-order valence-corrected chi connectivity index (χ0v) is 8.95. The number of benzene rings is 1. The van der Waals surface area contributed by atoms with Gasteiger partial charge in [0, 0.05) is 17.8 Å². The quantitative estimate of drug-likeness (QED) is 0.614. The van der Waals surface area contributed by atoms with Crippen LogP contribution in [0.25, 0.3) is 10.8 Å². The van der Waals surface area contributed by atoms with Gasteiger partial charge in [-0.3, -0.25) is 4.90 Å². The fourth-order valence-electron chi connectivity index (χ4n) is 1.49. The van der Waals surface area contributed by atoms with Gasteiger partial charge in [-0.25, -0.2) is 4.79 Å². The minimum absolute atomic E-state index is 0.151. The zero-order valence-electron chi connectivity index (χ0n) is 8.95. The second-order valence-corrected chi connectivity index (χ2v) is 3.43. The third kappa shape index (κ3) is 1.86. The Bertz CT molecular complexity index is 633. The lowest BCUT2D eigenvalue weighted by Gasteiger charge is -2.09. The van der Waals surface area contributed by atoms with Crippen molar-refractivity contribution in [2.24, 2.45) is 0 Å². The van der Waals surface area contributed by atoms with E-state index in [0.717, 1.165) is 5.39 Å². The van der Waals surface area contributed by atoms with E-state index in [1.165, 1.54) is 30.3 Å². The first-order chi connectivity index (χ1) is 8.13. The summed E-state index contributed by atoms with van der Waals surface area (Å²) in [6.07, 6.45) is 3.43. The maximum Gasteiger partial charge on any atom is 0.335 e. The number of hydrogen-bond acceptors (Lipinski definition) is 5. The predicted octanol–water partition coefficient (Wildman–Crippen LogP) is 1.25. The minimum atomic E-state index is -1.02. The predicted molar refractivity (Wildman–Crippen MR) is 60.5 cm³/mol. The molecule has 0 saturated heterocycles. The minimum Gasteiger partial charge on any atom is -0.478 e. The van der Waals surface area contributed by atoms with Crippen LogP contribution in [0.1, 0.15) is 10.4 Å². The molecule has 0 unspecified atom stereocenters. The highest BCUT2D eigenvalue weighted by Crippen LogP contribution is 2.23. The van der Waals surface area contributed by atoms with Crippen molar-refractivity contribution >= 4 is 22.6 Å². The summed E-state index contributed by atoms with van der Waals surface area (Å²) in [6.45, 7) is 0. The summed E-state index contributed by atoms with van der Waals surface area (Å²) in [5.74, 6) is -0.678. The SMILES string of the molecule is CN(C#N)c1nncc2ccc(C(=O)O)cc12.